The molecule has 0 spiro atoms. The zero-order valence-electron chi connectivity index (χ0n) is 9.45. The molecule has 0 atom stereocenters. The van der Waals surface area contributed by atoms with Crippen molar-refractivity contribution in [2.24, 2.45) is 0 Å². The summed E-state index contributed by atoms with van der Waals surface area (Å²) in [5, 5.41) is 11.8. The fourth-order valence-electron chi connectivity index (χ4n) is 2.00. The third kappa shape index (κ3) is 1.75. The summed E-state index contributed by atoms with van der Waals surface area (Å²) < 4.78 is 6.98. The zero-order valence-corrected chi connectivity index (χ0v) is 9.45. The van der Waals surface area contributed by atoms with Crippen LogP contribution in [0, 0.1) is 10.1 Å². The predicted octanol–water partition coefficient (Wildman–Crippen LogP) is 3.19. The first-order chi connectivity index (χ1) is 8.74. The van der Waals surface area contributed by atoms with Gasteiger partial charge in [-0.25, -0.2) is 0 Å². The lowest BCUT2D eigenvalue weighted by molar-refractivity contribution is -0.384. The summed E-state index contributed by atoms with van der Waals surface area (Å²) in [7, 11) is 0. The molecule has 0 aliphatic heterocycles. The van der Waals surface area contributed by atoms with Crippen LogP contribution in [0.15, 0.2) is 53.5 Å². The van der Waals surface area contributed by atoms with Gasteiger partial charge in [0.1, 0.15) is 0 Å². The molecule has 0 N–H and O–H groups in total. The van der Waals surface area contributed by atoms with Gasteiger partial charge in [-0.3, -0.25) is 10.1 Å². The van der Waals surface area contributed by atoms with E-state index in [1.165, 1.54) is 6.07 Å². The third-order valence-electron chi connectivity index (χ3n) is 2.90. The van der Waals surface area contributed by atoms with E-state index in [2.05, 4.69) is 0 Å². The molecule has 0 amide bonds. The van der Waals surface area contributed by atoms with Crippen LogP contribution in [0.3, 0.4) is 0 Å². The topological polar surface area (TPSA) is 61.2 Å². The van der Waals surface area contributed by atoms with Gasteiger partial charge in [-0.2, -0.15) is 0 Å². The Balaban J connectivity index is 2.06. The highest BCUT2D eigenvalue weighted by Crippen LogP contribution is 2.22. The first kappa shape index (κ1) is 10.6. The molecule has 2 aromatic heterocycles. The molecule has 3 rings (SSSR count). The van der Waals surface area contributed by atoms with Gasteiger partial charge in [0.05, 0.1) is 29.5 Å². The van der Waals surface area contributed by atoms with Gasteiger partial charge >= 0.3 is 0 Å². The lowest BCUT2D eigenvalue weighted by atomic mass is 10.2. The second kappa shape index (κ2) is 4.03. The average Bonchev–Trinajstić information content (AvgIpc) is 2.99. The van der Waals surface area contributed by atoms with Crippen molar-refractivity contribution < 1.29 is 9.34 Å². The van der Waals surface area contributed by atoms with Crippen molar-refractivity contribution in [1.29, 1.82) is 0 Å². The largest absolute Gasteiger partial charge is 0.472 e. The van der Waals surface area contributed by atoms with Crippen LogP contribution >= 0.6 is 0 Å². The lowest BCUT2D eigenvalue weighted by Gasteiger charge is -2.02. The van der Waals surface area contributed by atoms with Crippen molar-refractivity contribution >= 4 is 16.6 Å². The van der Waals surface area contributed by atoms with Crippen molar-refractivity contribution in [1.82, 2.24) is 4.57 Å². The van der Waals surface area contributed by atoms with Gasteiger partial charge in [0.2, 0.25) is 0 Å². The number of nitro benzene ring substituents is 1. The number of rotatable bonds is 3. The lowest BCUT2D eigenvalue weighted by Crippen LogP contribution is -1.96. The maximum absolute atomic E-state index is 10.8. The molecule has 5 nitrogen and oxygen atoms in total. The molecule has 0 saturated carbocycles. The number of non-ortho nitro benzene ring substituents is 1. The van der Waals surface area contributed by atoms with Crippen LogP contribution in [0.25, 0.3) is 10.9 Å². The van der Waals surface area contributed by atoms with Crippen LogP contribution in [-0.2, 0) is 6.54 Å². The molecule has 18 heavy (non-hydrogen) atoms. The monoisotopic (exact) mass is 242 g/mol. The summed E-state index contributed by atoms with van der Waals surface area (Å²) in [6.45, 7) is 0.640. The highest BCUT2D eigenvalue weighted by atomic mass is 16.6. The van der Waals surface area contributed by atoms with Crippen LogP contribution in [0.5, 0.6) is 0 Å². The second-order valence-corrected chi connectivity index (χ2v) is 4.08. The van der Waals surface area contributed by atoms with E-state index in [0.29, 0.717) is 6.54 Å². The fourth-order valence-corrected chi connectivity index (χ4v) is 2.00. The molecule has 0 unspecified atom stereocenters. The number of nitrogens with zero attached hydrogens (tertiary/aromatic N) is 2. The maximum Gasteiger partial charge on any atom is 0.271 e. The number of furan rings is 1. The summed E-state index contributed by atoms with van der Waals surface area (Å²) in [6.07, 6.45) is 5.20. The number of fused-ring (bicyclic) bond motifs is 1. The molecule has 0 saturated heterocycles. The first-order valence-corrected chi connectivity index (χ1v) is 5.48. The SMILES string of the molecule is O=[N+]([O-])c1ccc2ccn(Cc3ccoc3)c2c1. The fraction of sp³-hybridized carbons (Fsp3) is 0.0769. The minimum absolute atomic E-state index is 0.106. The summed E-state index contributed by atoms with van der Waals surface area (Å²) in [5.41, 5.74) is 1.99. The number of aromatic nitrogens is 1. The molecule has 0 aliphatic carbocycles. The van der Waals surface area contributed by atoms with E-state index >= 15 is 0 Å². The molecule has 0 fully saturated rings. The second-order valence-electron chi connectivity index (χ2n) is 4.08. The smallest absolute Gasteiger partial charge is 0.271 e. The average molecular weight is 242 g/mol. The van der Waals surface area contributed by atoms with E-state index in [4.69, 9.17) is 4.42 Å². The van der Waals surface area contributed by atoms with E-state index in [1.807, 2.05) is 22.9 Å². The van der Waals surface area contributed by atoms with Crippen molar-refractivity contribution in [3.8, 4) is 0 Å². The van der Waals surface area contributed by atoms with Gasteiger partial charge in [0.25, 0.3) is 5.69 Å². The Hall–Kier alpha value is -2.56. The minimum atomic E-state index is -0.380. The molecule has 3 aromatic rings. The Morgan fingerprint density at radius 3 is 2.89 bits per heavy atom. The molecule has 2 heterocycles. The van der Waals surface area contributed by atoms with E-state index in [1.54, 1.807) is 24.7 Å². The Labute approximate surface area is 102 Å². The van der Waals surface area contributed by atoms with Crippen LogP contribution < -0.4 is 0 Å². The van der Waals surface area contributed by atoms with Crippen molar-refractivity contribution in [3.05, 3.63) is 64.7 Å². The van der Waals surface area contributed by atoms with Gasteiger partial charge in [0.15, 0.2) is 0 Å². The summed E-state index contributed by atoms with van der Waals surface area (Å²) in [5.74, 6) is 0. The van der Waals surface area contributed by atoms with Crippen LogP contribution in [0.2, 0.25) is 0 Å². The number of nitro groups is 1. The highest BCUT2D eigenvalue weighted by Gasteiger charge is 2.09. The molecular weight excluding hydrogens is 232 g/mol. The van der Waals surface area contributed by atoms with Crippen molar-refractivity contribution in [3.63, 3.8) is 0 Å². The molecule has 0 bridgehead atoms. The number of hydrogen-bond acceptors (Lipinski definition) is 3. The van der Waals surface area contributed by atoms with Gasteiger partial charge in [0, 0.05) is 29.3 Å². The molecule has 90 valence electrons. The van der Waals surface area contributed by atoms with Crippen LogP contribution in [0.1, 0.15) is 5.56 Å². The van der Waals surface area contributed by atoms with Crippen molar-refractivity contribution in [2.45, 2.75) is 6.54 Å². The number of hydrogen-bond donors (Lipinski definition) is 0. The Morgan fingerprint density at radius 1 is 1.28 bits per heavy atom. The molecular formula is C13H10N2O3. The predicted molar refractivity (Wildman–Crippen MR) is 66.4 cm³/mol. The summed E-state index contributed by atoms with van der Waals surface area (Å²) >= 11 is 0. The maximum atomic E-state index is 10.8. The van der Waals surface area contributed by atoms with Gasteiger partial charge in [-0.15, -0.1) is 0 Å². The van der Waals surface area contributed by atoms with Crippen LogP contribution in [0.4, 0.5) is 5.69 Å². The summed E-state index contributed by atoms with van der Waals surface area (Å²) in [6, 6.07) is 8.70. The molecule has 5 heteroatoms. The quantitative estimate of drug-likeness (QED) is 0.523. The molecule has 0 aliphatic rings. The van der Waals surface area contributed by atoms with Gasteiger partial charge in [-0.05, 0) is 18.2 Å². The van der Waals surface area contributed by atoms with Crippen LogP contribution in [-0.4, -0.2) is 9.49 Å². The minimum Gasteiger partial charge on any atom is -0.472 e. The standard InChI is InChI=1S/C13H10N2O3/c16-15(17)12-2-1-11-3-5-14(13(11)7-12)8-10-4-6-18-9-10/h1-7,9H,8H2. The Bertz CT molecular complexity index is 698. The van der Waals surface area contributed by atoms with E-state index in [9.17, 15) is 10.1 Å². The third-order valence-corrected chi connectivity index (χ3v) is 2.90. The van der Waals surface area contributed by atoms with E-state index < -0.39 is 0 Å². The summed E-state index contributed by atoms with van der Waals surface area (Å²) in [4.78, 5) is 10.4. The van der Waals surface area contributed by atoms with Gasteiger partial charge < -0.3 is 8.98 Å². The van der Waals surface area contributed by atoms with Gasteiger partial charge in [-0.1, -0.05) is 0 Å². The normalized spacial score (nSPS) is 10.9. The Kier molecular flexibility index (Phi) is 2.37. The molecule has 0 radical (unpaired) electrons. The highest BCUT2D eigenvalue weighted by molar-refractivity contribution is 5.82. The zero-order chi connectivity index (χ0) is 12.5. The van der Waals surface area contributed by atoms with E-state index in [-0.39, 0.29) is 10.6 Å². The molecule has 1 aromatic carbocycles. The van der Waals surface area contributed by atoms with Crippen molar-refractivity contribution in [2.75, 3.05) is 0 Å². The number of benzene rings is 1. The first-order valence-electron chi connectivity index (χ1n) is 5.48. The van der Waals surface area contributed by atoms with E-state index in [0.717, 1.165) is 16.5 Å². The Morgan fingerprint density at radius 2 is 2.17 bits per heavy atom.